The molecule has 0 spiro atoms. The molecule has 0 unspecified atom stereocenters. The molecule has 2 nitrogen and oxygen atoms in total. The zero-order valence-corrected chi connectivity index (χ0v) is 11.6. The van der Waals surface area contributed by atoms with Gasteiger partial charge in [-0.25, -0.2) is 0 Å². The summed E-state index contributed by atoms with van der Waals surface area (Å²) in [7, 11) is 0. The van der Waals surface area contributed by atoms with E-state index in [1.165, 1.54) is 11.1 Å². The van der Waals surface area contributed by atoms with Crippen molar-refractivity contribution in [2.24, 2.45) is 0 Å². The lowest BCUT2D eigenvalue weighted by atomic mass is 9.99. The number of carbonyl (C=O) groups excluding carboxylic acids is 1. The average molecular weight is 265 g/mol. The highest BCUT2D eigenvalue weighted by Gasteiger charge is 2.22. The Morgan fingerprint density at radius 3 is 2.55 bits per heavy atom. The smallest absolute Gasteiger partial charge is 0.254 e. The minimum absolute atomic E-state index is 0.194. The van der Waals surface area contributed by atoms with E-state index in [2.05, 4.69) is 30.3 Å². The Morgan fingerprint density at radius 2 is 1.70 bits per heavy atom. The van der Waals surface area contributed by atoms with E-state index in [9.17, 15) is 4.79 Å². The summed E-state index contributed by atoms with van der Waals surface area (Å²) in [5.41, 5.74) is 3.42. The lowest BCUT2D eigenvalue weighted by molar-refractivity contribution is 0.0738. The number of fused-ring (bicyclic) bond motifs is 1. The monoisotopic (exact) mass is 265 g/mol. The molecular weight excluding hydrogens is 246 g/mol. The van der Waals surface area contributed by atoms with Crippen molar-refractivity contribution in [2.45, 2.75) is 19.3 Å². The number of hydrogen-bond acceptors (Lipinski definition) is 1. The fourth-order valence-electron chi connectivity index (χ4n) is 2.81. The molecule has 0 saturated carbocycles. The molecule has 2 aromatic carbocycles. The molecule has 2 aromatic rings. The summed E-state index contributed by atoms with van der Waals surface area (Å²) in [5.74, 6) is 0.194. The SMILES string of the molecule is O=C1c2ccccc2CCN1CCCc1ccccc1. The molecule has 0 aliphatic carbocycles. The lowest BCUT2D eigenvalue weighted by Gasteiger charge is -2.28. The molecule has 1 amide bonds. The molecule has 3 rings (SSSR count). The summed E-state index contributed by atoms with van der Waals surface area (Å²) in [6, 6.07) is 18.4. The zero-order chi connectivity index (χ0) is 13.8. The van der Waals surface area contributed by atoms with Gasteiger partial charge >= 0.3 is 0 Å². The number of hydrogen-bond donors (Lipinski definition) is 0. The second kappa shape index (κ2) is 5.91. The van der Waals surface area contributed by atoms with Crippen LogP contribution in [0.4, 0.5) is 0 Å². The molecule has 102 valence electrons. The Morgan fingerprint density at radius 1 is 0.950 bits per heavy atom. The first-order chi connectivity index (χ1) is 9.84. The number of benzene rings is 2. The van der Waals surface area contributed by atoms with Crippen molar-refractivity contribution in [3.05, 3.63) is 71.3 Å². The lowest BCUT2D eigenvalue weighted by Crippen LogP contribution is -2.38. The highest BCUT2D eigenvalue weighted by Crippen LogP contribution is 2.18. The molecule has 1 heterocycles. The molecule has 0 bridgehead atoms. The third-order valence-corrected chi connectivity index (χ3v) is 3.92. The van der Waals surface area contributed by atoms with Crippen molar-refractivity contribution in [2.75, 3.05) is 13.1 Å². The molecule has 0 N–H and O–H groups in total. The van der Waals surface area contributed by atoms with Crippen molar-refractivity contribution in [3.8, 4) is 0 Å². The molecule has 0 saturated heterocycles. The summed E-state index contributed by atoms with van der Waals surface area (Å²) >= 11 is 0. The topological polar surface area (TPSA) is 20.3 Å². The van der Waals surface area contributed by atoms with Gasteiger partial charge in [0.15, 0.2) is 0 Å². The highest BCUT2D eigenvalue weighted by atomic mass is 16.2. The molecule has 0 radical (unpaired) electrons. The van der Waals surface area contributed by atoms with Gasteiger partial charge in [-0.3, -0.25) is 4.79 Å². The molecule has 20 heavy (non-hydrogen) atoms. The normalized spacial score (nSPS) is 14.2. The van der Waals surface area contributed by atoms with E-state index in [0.29, 0.717) is 0 Å². The molecule has 1 aliphatic rings. The average Bonchev–Trinajstić information content (AvgIpc) is 2.51. The minimum atomic E-state index is 0.194. The predicted molar refractivity (Wildman–Crippen MR) is 80.8 cm³/mol. The molecular formula is C18H19NO. The van der Waals surface area contributed by atoms with Crippen LogP contribution in [0.3, 0.4) is 0 Å². The minimum Gasteiger partial charge on any atom is -0.338 e. The highest BCUT2D eigenvalue weighted by molar-refractivity contribution is 5.96. The maximum absolute atomic E-state index is 12.4. The molecule has 2 heteroatoms. The van der Waals surface area contributed by atoms with Crippen LogP contribution in [0.1, 0.15) is 27.9 Å². The largest absolute Gasteiger partial charge is 0.338 e. The van der Waals surface area contributed by atoms with Crippen LogP contribution >= 0.6 is 0 Å². The Kier molecular flexibility index (Phi) is 3.82. The number of aryl methyl sites for hydroxylation is 1. The van der Waals surface area contributed by atoms with Crippen molar-refractivity contribution >= 4 is 5.91 Å². The van der Waals surface area contributed by atoms with Crippen molar-refractivity contribution in [1.82, 2.24) is 4.90 Å². The van der Waals surface area contributed by atoms with Gasteiger partial charge in [0.1, 0.15) is 0 Å². The van der Waals surface area contributed by atoms with Gasteiger partial charge in [-0.1, -0.05) is 48.5 Å². The third kappa shape index (κ3) is 2.74. The van der Waals surface area contributed by atoms with Crippen LogP contribution in [0.25, 0.3) is 0 Å². The van der Waals surface area contributed by atoms with Gasteiger partial charge in [0.25, 0.3) is 5.91 Å². The Labute approximate surface area is 120 Å². The van der Waals surface area contributed by atoms with E-state index in [4.69, 9.17) is 0 Å². The predicted octanol–water partition coefficient (Wildman–Crippen LogP) is 3.32. The number of nitrogens with zero attached hydrogens (tertiary/aromatic N) is 1. The zero-order valence-electron chi connectivity index (χ0n) is 11.6. The van der Waals surface area contributed by atoms with Gasteiger partial charge in [-0.2, -0.15) is 0 Å². The van der Waals surface area contributed by atoms with Crippen LogP contribution in [0.2, 0.25) is 0 Å². The van der Waals surface area contributed by atoms with Crippen LogP contribution < -0.4 is 0 Å². The van der Waals surface area contributed by atoms with E-state index in [-0.39, 0.29) is 5.91 Å². The summed E-state index contributed by atoms with van der Waals surface area (Å²) in [4.78, 5) is 14.4. The van der Waals surface area contributed by atoms with Gasteiger partial charge in [0.2, 0.25) is 0 Å². The number of amides is 1. The van der Waals surface area contributed by atoms with Crippen molar-refractivity contribution in [3.63, 3.8) is 0 Å². The van der Waals surface area contributed by atoms with Crippen LogP contribution in [0, 0.1) is 0 Å². The maximum Gasteiger partial charge on any atom is 0.254 e. The van der Waals surface area contributed by atoms with Gasteiger partial charge in [-0.15, -0.1) is 0 Å². The fraction of sp³-hybridized carbons (Fsp3) is 0.278. The van der Waals surface area contributed by atoms with Gasteiger partial charge < -0.3 is 4.90 Å². The van der Waals surface area contributed by atoms with Crippen LogP contribution in [0.15, 0.2) is 54.6 Å². The summed E-state index contributed by atoms with van der Waals surface area (Å²) < 4.78 is 0. The second-order valence-corrected chi connectivity index (χ2v) is 5.29. The van der Waals surface area contributed by atoms with Crippen molar-refractivity contribution < 1.29 is 4.79 Å². The van der Waals surface area contributed by atoms with E-state index in [1.807, 2.05) is 29.2 Å². The Balaban J connectivity index is 1.58. The summed E-state index contributed by atoms with van der Waals surface area (Å²) in [6.45, 7) is 1.70. The van der Waals surface area contributed by atoms with Crippen LogP contribution in [0.5, 0.6) is 0 Å². The standard InChI is InChI=1S/C18H19NO/c20-18-17-11-5-4-10-16(17)12-14-19(18)13-6-9-15-7-2-1-3-8-15/h1-5,7-8,10-11H,6,9,12-14H2. The van der Waals surface area contributed by atoms with Crippen LogP contribution in [-0.4, -0.2) is 23.9 Å². The van der Waals surface area contributed by atoms with Gasteiger partial charge in [0.05, 0.1) is 0 Å². The molecule has 0 fully saturated rings. The first-order valence-electron chi connectivity index (χ1n) is 7.26. The molecule has 1 aliphatic heterocycles. The van der Waals surface area contributed by atoms with E-state index in [0.717, 1.165) is 37.9 Å². The van der Waals surface area contributed by atoms with E-state index >= 15 is 0 Å². The number of rotatable bonds is 4. The van der Waals surface area contributed by atoms with Crippen LogP contribution in [-0.2, 0) is 12.8 Å². The third-order valence-electron chi connectivity index (χ3n) is 3.92. The van der Waals surface area contributed by atoms with Gasteiger partial charge in [0, 0.05) is 18.7 Å². The first-order valence-corrected chi connectivity index (χ1v) is 7.26. The van der Waals surface area contributed by atoms with Crippen molar-refractivity contribution in [1.29, 1.82) is 0 Å². The van der Waals surface area contributed by atoms with E-state index in [1.54, 1.807) is 0 Å². The Bertz CT molecular complexity index is 591. The number of carbonyl (C=O) groups is 1. The Hall–Kier alpha value is -2.09. The molecule has 0 atom stereocenters. The molecule has 0 aromatic heterocycles. The first kappa shape index (κ1) is 12.9. The summed E-state index contributed by atoms with van der Waals surface area (Å²) in [6.07, 6.45) is 3.04. The summed E-state index contributed by atoms with van der Waals surface area (Å²) in [5, 5.41) is 0. The maximum atomic E-state index is 12.4. The fourth-order valence-corrected chi connectivity index (χ4v) is 2.81. The second-order valence-electron chi connectivity index (χ2n) is 5.29. The van der Waals surface area contributed by atoms with E-state index < -0.39 is 0 Å². The quantitative estimate of drug-likeness (QED) is 0.830. The van der Waals surface area contributed by atoms with Gasteiger partial charge in [-0.05, 0) is 36.5 Å².